The number of carbonyl (C=O) groups excluding carboxylic acids is 1. The van der Waals surface area contributed by atoms with E-state index in [4.69, 9.17) is 0 Å². The highest BCUT2D eigenvalue weighted by Crippen LogP contribution is 2.03. The molecule has 1 aromatic heterocycles. The lowest BCUT2D eigenvalue weighted by atomic mass is 10.2. The number of imidazole rings is 1. The van der Waals surface area contributed by atoms with Gasteiger partial charge < -0.3 is 9.47 Å². The number of nitrogens with zero attached hydrogens (tertiary/aromatic N) is 4. The number of hydrogen-bond donors (Lipinski definition) is 0. The van der Waals surface area contributed by atoms with Gasteiger partial charge in [-0.2, -0.15) is 0 Å². The molecule has 0 N–H and O–H groups in total. The maximum Gasteiger partial charge on any atom is 0.239 e. The summed E-state index contributed by atoms with van der Waals surface area (Å²) in [6, 6.07) is -0.0665. The number of carbonyl (C=O) groups is 1. The highest BCUT2D eigenvalue weighted by Gasteiger charge is 2.18. The van der Waals surface area contributed by atoms with Crippen molar-refractivity contribution in [1.29, 1.82) is 0 Å². The Balaban J connectivity index is 2.35. The van der Waals surface area contributed by atoms with Gasteiger partial charge in [0.15, 0.2) is 0 Å². The van der Waals surface area contributed by atoms with Crippen molar-refractivity contribution in [2.45, 2.75) is 25.8 Å². The van der Waals surface area contributed by atoms with Crippen molar-refractivity contribution in [1.82, 2.24) is 19.4 Å². The second-order valence-electron chi connectivity index (χ2n) is 4.96. The summed E-state index contributed by atoms with van der Waals surface area (Å²) in [5.74, 6) is 1.23. The van der Waals surface area contributed by atoms with E-state index in [1.807, 2.05) is 50.8 Å². The Labute approximate surface area is 109 Å². The SMILES string of the molecule is CC(C(=O)N(C)CCCc1nccn1C)N(C)C. The molecule has 1 unspecified atom stereocenters. The van der Waals surface area contributed by atoms with Gasteiger partial charge in [0, 0.05) is 39.5 Å². The Hall–Kier alpha value is -1.36. The molecule has 1 atom stereocenters. The van der Waals surface area contributed by atoms with Crippen LogP contribution in [-0.4, -0.2) is 59.0 Å². The average Bonchev–Trinajstić information content (AvgIpc) is 2.73. The molecule has 1 amide bonds. The fourth-order valence-electron chi connectivity index (χ4n) is 1.76. The monoisotopic (exact) mass is 252 g/mol. The molecule has 0 radical (unpaired) electrons. The third-order valence-electron chi connectivity index (χ3n) is 3.32. The van der Waals surface area contributed by atoms with E-state index in [0.717, 1.165) is 25.2 Å². The molecule has 0 aliphatic heterocycles. The lowest BCUT2D eigenvalue weighted by Crippen LogP contribution is -2.42. The van der Waals surface area contributed by atoms with Crippen LogP contribution >= 0.6 is 0 Å². The molecule has 18 heavy (non-hydrogen) atoms. The number of aromatic nitrogens is 2. The van der Waals surface area contributed by atoms with Crippen molar-refractivity contribution >= 4 is 5.91 Å². The fraction of sp³-hybridized carbons (Fsp3) is 0.692. The summed E-state index contributed by atoms with van der Waals surface area (Å²) in [7, 11) is 7.70. The van der Waals surface area contributed by atoms with Crippen LogP contribution in [0.2, 0.25) is 0 Å². The first-order chi connectivity index (χ1) is 8.43. The van der Waals surface area contributed by atoms with E-state index >= 15 is 0 Å². The van der Waals surface area contributed by atoms with Crippen LogP contribution in [0.15, 0.2) is 12.4 Å². The van der Waals surface area contributed by atoms with E-state index in [2.05, 4.69) is 4.98 Å². The zero-order valence-corrected chi connectivity index (χ0v) is 12.1. The van der Waals surface area contributed by atoms with Gasteiger partial charge in [0.25, 0.3) is 0 Å². The van der Waals surface area contributed by atoms with E-state index in [9.17, 15) is 4.79 Å². The van der Waals surface area contributed by atoms with Crippen LogP contribution in [0.5, 0.6) is 0 Å². The Morgan fingerprint density at radius 1 is 1.44 bits per heavy atom. The quantitative estimate of drug-likeness (QED) is 0.750. The summed E-state index contributed by atoms with van der Waals surface area (Å²) >= 11 is 0. The molecule has 5 heteroatoms. The third-order valence-corrected chi connectivity index (χ3v) is 3.32. The third kappa shape index (κ3) is 3.84. The van der Waals surface area contributed by atoms with Crippen molar-refractivity contribution in [2.24, 2.45) is 7.05 Å². The fourth-order valence-corrected chi connectivity index (χ4v) is 1.76. The van der Waals surface area contributed by atoms with Crippen molar-refractivity contribution in [2.75, 3.05) is 27.7 Å². The van der Waals surface area contributed by atoms with Gasteiger partial charge in [0.1, 0.15) is 5.82 Å². The highest BCUT2D eigenvalue weighted by atomic mass is 16.2. The lowest BCUT2D eigenvalue weighted by molar-refractivity contribution is -0.134. The Kier molecular flexibility index (Phi) is 5.34. The van der Waals surface area contributed by atoms with Crippen LogP contribution in [0.25, 0.3) is 0 Å². The molecule has 0 aliphatic rings. The zero-order chi connectivity index (χ0) is 13.7. The van der Waals surface area contributed by atoms with Gasteiger partial charge in [-0.15, -0.1) is 0 Å². The predicted octanol–water partition coefficient (Wildman–Crippen LogP) is 0.761. The first-order valence-corrected chi connectivity index (χ1v) is 6.31. The number of amides is 1. The van der Waals surface area contributed by atoms with Gasteiger partial charge in [-0.25, -0.2) is 4.98 Å². The van der Waals surface area contributed by atoms with Crippen molar-refractivity contribution in [3.8, 4) is 0 Å². The molecule has 0 saturated carbocycles. The van der Waals surface area contributed by atoms with Crippen molar-refractivity contribution < 1.29 is 4.79 Å². The molecule has 0 saturated heterocycles. The van der Waals surface area contributed by atoms with Crippen molar-refractivity contribution in [3.05, 3.63) is 18.2 Å². The standard InChI is InChI=1S/C13H24N4O/c1-11(15(2)3)13(18)17(5)9-6-7-12-14-8-10-16(12)4/h8,10-11H,6-7,9H2,1-5H3. The first-order valence-electron chi connectivity index (χ1n) is 6.31. The molecule has 5 nitrogen and oxygen atoms in total. The topological polar surface area (TPSA) is 41.4 Å². The maximum absolute atomic E-state index is 12.0. The minimum atomic E-state index is -0.0665. The largest absolute Gasteiger partial charge is 0.344 e. The zero-order valence-electron chi connectivity index (χ0n) is 12.1. The molecule has 1 rings (SSSR count). The summed E-state index contributed by atoms with van der Waals surface area (Å²) in [6.07, 6.45) is 5.58. The van der Waals surface area contributed by atoms with E-state index in [-0.39, 0.29) is 11.9 Å². The molecule has 0 aromatic carbocycles. The minimum absolute atomic E-state index is 0.0665. The normalized spacial score (nSPS) is 12.8. The summed E-state index contributed by atoms with van der Waals surface area (Å²) in [4.78, 5) is 20.0. The van der Waals surface area contributed by atoms with Crippen LogP contribution < -0.4 is 0 Å². The van der Waals surface area contributed by atoms with E-state index in [0.29, 0.717) is 0 Å². The minimum Gasteiger partial charge on any atom is -0.344 e. The van der Waals surface area contributed by atoms with Gasteiger partial charge >= 0.3 is 0 Å². The molecule has 0 aliphatic carbocycles. The number of aryl methyl sites for hydroxylation is 2. The predicted molar refractivity (Wildman–Crippen MR) is 72.3 cm³/mol. The van der Waals surface area contributed by atoms with Crippen LogP contribution in [0.3, 0.4) is 0 Å². The van der Waals surface area contributed by atoms with Crippen LogP contribution in [-0.2, 0) is 18.3 Å². The van der Waals surface area contributed by atoms with E-state index in [1.165, 1.54) is 0 Å². The van der Waals surface area contributed by atoms with E-state index in [1.54, 1.807) is 11.1 Å². The molecule has 1 aromatic rings. The van der Waals surface area contributed by atoms with Gasteiger partial charge in [0.2, 0.25) is 5.91 Å². The second kappa shape index (κ2) is 6.54. The molecular weight excluding hydrogens is 228 g/mol. The van der Waals surface area contributed by atoms with Crippen LogP contribution in [0.4, 0.5) is 0 Å². The Bertz CT molecular complexity index is 386. The summed E-state index contributed by atoms with van der Waals surface area (Å²) < 4.78 is 2.02. The molecule has 0 bridgehead atoms. The van der Waals surface area contributed by atoms with Gasteiger partial charge in [0.05, 0.1) is 6.04 Å². The molecule has 1 heterocycles. The van der Waals surface area contributed by atoms with E-state index < -0.39 is 0 Å². The molecule has 0 spiro atoms. The van der Waals surface area contributed by atoms with Gasteiger partial charge in [-0.1, -0.05) is 0 Å². The smallest absolute Gasteiger partial charge is 0.239 e. The van der Waals surface area contributed by atoms with Crippen LogP contribution in [0.1, 0.15) is 19.2 Å². The number of rotatable bonds is 6. The summed E-state index contributed by atoms with van der Waals surface area (Å²) in [5.41, 5.74) is 0. The first kappa shape index (κ1) is 14.7. The van der Waals surface area contributed by atoms with Crippen LogP contribution in [0, 0.1) is 0 Å². The summed E-state index contributed by atoms with van der Waals surface area (Å²) in [5, 5.41) is 0. The number of likely N-dealkylation sites (N-methyl/N-ethyl adjacent to an activating group) is 2. The molecule has 102 valence electrons. The second-order valence-corrected chi connectivity index (χ2v) is 4.96. The van der Waals surface area contributed by atoms with Gasteiger partial charge in [-0.05, 0) is 27.4 Å². The Morgan fingerprint density at radius 3 is 2.61 bits per heavy atom. The lowest BCUT2D eigenvalue weighted by Gasteiger charge is -2.25. The maximum atomic E-state index is 12.0. The van der Waals surface area contributed by atoms with Gasteiger partial charge in [-0.3, -0.25) is 9.69 Å². The average molecular weight is 252 g/mol. The molecular formula is C13H24N4O. The molecule has 0 fully saturated rings. The summed E-state index contributed by atoms with van der Waals surface area (Å²) in [6.45, 7) is 2.70. The van der Waals surface area contributed by atoms with Crippen molar-refractivity contribution in [3.63, 3.8) is 0 Å². The number of hydrogen-bond acceptors (Lipinski definition) is 3. The highest BCUT2D eigenvalue weighted by molar-refractivity contribution is 5.81. The Morgan fingerprint density at radius 2 is 2.11 bits per heavy atom.